The second-order valence-electron chi connectivity index (χ2n) is 8.05. The number of nitrogens with zero attached hydrogens (tertiary/aromatic N) is 4. The highest BCUT2D eigenvalue weighted by atomic mass is 32.2. The molecule has 1 N–H and O–H groups in total. The smallest absolute Gasteiger partial charge is 0.339 e. The van der Waals surface area contributed by atoms with Gasteiger partial charge in [-0.2, -0.15) is 0 Å². The molecule has 31 heavy (non-hydrogen) atoms. The Morgan fingerprint density at radius 3 is 2.68 bits per heavy atom. The van der Waals surface area contributed by atoms with E-state index in [1.807, 2.05) is 0 Å². The molecule has 4 heterocycles. The van der Waals surface area contributed by atoms with Crippen LogP contribution in [0, 0.1) is 13.8 Å². The highest BCUT2D eigenvalue weighted by molar-refractivity contribution is 7.99. The molecule has 0 saturated carbocycles. The maximum absolute atomic E-state index is 12.9. The van der Waals surface area contributed by atoms with Crippen LogP contribution in [0.3, 0.4) is 0 Å². The first-order chi connectivity index (χ1) is 15.0. The molecule has 2 aromatic heterocycles. The van der Waals surface area contributed by atoms with Gasteiger partial charge in [0.2, 0.25) is 5.95 Å². The largest absolute Gasteiger partial charge is 0.465 e. The third-order valence-corrected chi connectivity index (χ3v) is 6.90. The summed E-state index contributed by atoms with van der Waals surface area (Å²) in [5.74, 6) is 0.535. The van der Waals surface area contributed by atoms with Crippen molar-refractivity contribution in [2.24, 2.45) is 0 Å². The molecule has 9 nitrogen and oxygen atoms in total. The first-order valence-electron chi connectivity index (χ1n) is 10.7. The molecule has 0 bridgehead atoms. The summed E-state index contributed by atoms with van der Waals surface area (Å²) in [5, 5.41) is 9.56. The number of ether oxygens (including phenoxy) is 2. The lowest BCUT2D eigenvalue weighted by Crippen LogP contribution is -2.25. The summed E-state index contributed by atoms with van der Waals surface area (Å²) < 4.78 is 12.8. The zero-order chi connectivity index (χ0) is 22.0. The SMILES string of the molecule is COC(=O)c1c(C)[nH]c(C(=O)CSc2nnc(N3CCCC3)n2C[C@H]2CCCO2)c1C. The molecule has 1 atom stereocenters. The second kappa shape index (κ2) is 9.44. The molecule has 0 radical (unpaired) electrons. The van der Waals surface area contributed by atoms with E-state index in [9.17, 15) is 9.59 Å². The van der Waals surface area contributed by atoms with Gasteiger partial charge in [0.25, 0.3) is 0 Å². The average molecular weight is 448 g/mol. The van der Waals surface area contributed by atoms with Crippen LogP contribution >= 0.6 is 11.8 Å². The Balaban J connectivity index is 1.51. The van der Waals surface area contributed by atoms with E-state index >= 15 is 0 Å². The van der Waals surface area contributed by atoms with Gasteiger partial charge >= 0.3 is 5.97 Å². The van der Waals surface area contributed by atoms with Crippen molar-refractivity contribution < 1.29 is 19.1 Å². The molecule has 0 aliphatic carbocycles. The topological polar surface area (TPSA) is 102 Å². The monoisotopic (exact) mass is 447 g/mol. The number of hydrogen-bond acceptors (Lipinski definition) is 8. The van der Waals surface area contributed by atoms with Gasteiger partial charge in [-0.05, 0) is 45.1 Å². The van der Waals surface area contributed by atoms with Crippen LogP contribution in [0.25, 0.3) is 0 Å². The van der Waals surface area contributed by atoms with Crippen molar-refractivity contribution in [2.75, 3.05) is 37.5 Å². The molecule has 0 spiro atoms. The van der Waals surface area contributed by atoms with Crippen LogP contribution in [0.15, 0.2) is 5.16 Å². The maximum Gasteiger partial charge on any atom is 0.339 e. The number of H-pyrrole nitrogens is 1. The summed E-state index contributed by atoms with van der Waals surface area (Å²) in [5.41, 5.74) is 2.12. The number of carbonyl (C=O) groups excluding carboxylic acids is 2. The van der Waals surface area contributed by atoms with Crippen LogP contribution in [0.2, 0.25) is 0 Å². The maximum atomic E-state index is 12.9. The van der Waals surface area contributed by atoms with E-state index in [1.165, 1.54) is 18.9 Å². The molecule has 2 saturated heterocycles. The summed E-state index contributed by atoms with van der Waals surface area (Å²) in [6, 6.07) is 0. The van der Waals surface area contributed by atoms with Crippen LogP contribution in [0.4, 0.5) is 5.95 Å². The lowest BCUT2D eigenvalue weighted by atomic mass is 10.1. The minimum Gasteiger partial charge on any atom is -0.465 e. The number of hydrogen-bond donors (Lipinski definition) is 1. The highest BCUT2D eigenvalue weighted by Gasteiger charge is 2.27. The molecule has 0 amide bonds. The number of anilines is 1. The number of Topliss-reactive ketones (excluding diaryl/α,β-unsaturated/α-hetero) is 1. The van der Waals surface area contributed by atoms with Crippen molar-refractivity contribution in [3.05, 3.63) is 22.5 Å². The van der Waals surface area contributed by atoms with Crippen molar-refractivity contribution in [3.8, 4) is 0 Å². The molecule has 2 fully saturated rings. The Hall–Kier alpha value is -2.33. The van der Waals surface area contributed by atoms with Crippen LogP contribution in [0.5, 0.6) is 0 Å². The highest BCUT2D eigenvalue weighted by Crippen LogP contribution is 2.28. The molecule has 168 valence electrons. The van der Waals surface area contributed by atoms with Gasteiger partial charge in [-0.15, -0.1) is 10.2 Å². The number of aromatic amines is 1. The fourth-order valence-corrected chi connectivity index (χ4v) is 5.15. The first-order valence-corrected chi connectivity index (χ1v) is 11.7. The Morgan fingerprint density at radius 1 is 1.23 bits per heavy atom. The van der Waals surface area contributed by atoms with E-state index in [0.717, 1.165) is 56.5 Å². The first kappa shape index (κ1) is 21.9. The summed E-state index contributed by atoms with van der Waals surface area (Å²) in [4.78, 5) is 30.3. The molecule has 2 aliphatic rings. The summed E-state index contributed by atoms with van der Waals surface area (Å²) in [7, 11) is 1.34. The number of carbonyl (C=O) groups is 2. The lowest BCUT2D eigenvalue weighted by molar-refractivity contribution is 0.0599. The van der Waals surface area contributed by atoms with Gasteiger partial charge in [0, 0.05) is 25.4 Å². The number of thioether (sulfide) groups is 1. The third-order valence-electron chi connectivity index (χ3n) is 5.93. The fraction of sp³-hybridized carbons (Fsp3) is 0.619. The van der Waals surface area contributed by atoms with Gasteiger partial charge in [-0.1, -0.05) is 11.8 Å². The zero-order valence-corrected chi connectivity index (χ0v) is 19.1. The summed E-state index contributed by atoms with van der Waals surface area (Å²) in [6.45, 7) is 6.97. The van der Waals surface area contributed by atoms with E-state index in [4.69, 9.17) is 9.47 Å². The van der Waals surface area contributed by atoms with Crippen molar-refractivity contribution in [1.29, 1.82) is 0 Å². The molecule has 2 aromatic rings. The lowest BCUT2D eigenvalue weighted by Gasteiger charge is -2.20. The van der Waals surface area contributed by atoms with Gasteiger partial charge < -0.3 is 19.4 Å². The molecule has 2 aliphatic heterocycles. The zero-order valence-electron chi connectivity index (χ0n) is 18.3. The predicted octanol–water partition coefficient (Wildman–Crippen LogP) is 2.76. The molecule has 10 heteroatoms. The number of methoxy groups -OCH3 is 1. The number of esters is 1. The Labute approximate surface area is 185 Å². The van der Waals surface area contributed by atoms with Crippen molar-refractivity contribution in [1.82, 2.24) is 19.7 Å². The predicted molar refractivity (Wildman–Crippen MR) is 117 cm³/mol. The number of nitrogens with one attached hydrogen (secondary N) is 1. The standard InChI is InChI=1S/C21H29N5O4S/c1-13-17(19(28)29-3)14(2)22-18(13)16(27)12-31-21-24-23-20(25-8-4-5-9-25)26(21)11-15-7-6-10-30-15/h15,22H,4-12H2,1-3H3/t15-/m1/s1. The number of ketones is 1. The molecular weight excluding hydrogens is 418 g/mol. The van der Waals surface area contributed by atoms with Crippen LogP contribution in [0.1, 0.15) is 57.8 Å². The van der Waals surface area contributed by atoms with Crippen molar-refractivity contribution >= 4 is 29.5 Å². The van der Waals surface area contributed by atoms with E-state index in [-0.39, 0.29) is 17.6 Å². The van der Waals surface area contributed by atoms with Gasteiger partial charge in [0.1, 0.15) is 0 Å². The van der Waals surface area contributed by atoms with E-state index in [0.29, 0.717) is 29.1 Å². The Kier molecular flexibility index (Phi) is 6.66. The van der Waals surface area contributed by atoms with E-state index in [2.05, 4.69) is 24.6 Å². The number of rotatable bonds is 8. The normalized spacial score (nSPS) is 18.7. The van der Waals surface area contributed by atoms with Gasteiger partial charge in [0.05, 0.1) is 36.8 Å². The molecule has 0 unspecified atom stereocenters. The minimum absolute atomic E-state index is 0.0878. The summed E-state index contributed by atoms with van der Waals surface area (Å²) >= 11 is 1.37. The minimum atomic E-state index is -0.440. The second-order valence-corrected chi connectivity index (χ2v) is 8.99. The van der Waals surface area contributed by atoms with Crippen molar-refractivity contribution in [3.63, 3.8) is 0 Å². The Bertz CT molecular complexity index is 957. The quantitative estimate of drug-likeness (QED) is 0.374. The van der Waals surface area contributed by atoms with Crippen molar-refractivity contribution in [2.45, 2.75) is 57.3 Å². The number of aromatic nitrogens is 4. The fourth-order valence-electron chi connectivity index (χ4n) is 4.33. The molecule has 0 aromatic carbocycles. The molecule has 4 rings (SSSR count). The van der Waals surface area contributed by atoms with Crippen LogP contribution < -0.4 is 4.90 Å². The Morgan fingerprint density at radius 2 is 2.00 bits per heavy atom. The van der Waals surface area contributed by atoms with Crippen LogP contribution in [-0.2, 0) is 16.0 Å². The van der Waals surface area contributed by atoms with Crippen LogP contribution in [-0.4, -0.2) is 70.2 Å². The average Bonchev–Trinajstić information content (AvgIpc) is 3.54. The van der Waals surface area contributed by atoms with Gasteiger partial charge in [-0.25, -0.2) is 4.79 Å². The molecular formula is C21H29N5O4S. The van der Waals surface area contributed by atoms with E-state index < -0.39 is 5.97 Å². The summed E-state index contributed by atoms with van der Waals surface area (Å²) in [6.07, 6.45) is 4.56. The third kappa shape index (κ3) is 4.50. The van der Waals surface area contributed by atoms with E-state index in [1.54, 1.807) is 13.8 Å². The van der Waals surface area contributed by atoms with Gasteiger partial charge in [-0.3, -0.25) is 9.36 Å². The number of aryl methyl sites for hydroxylation is 1. The van der Waals surface area contributed by atoms with Gasteiger partial charge in [0.15, 0.2) is 10.9 Å².